The van der Waals surface area contributed by atoms with E-state index in [9.17, 15) is 13.2 Å². The number of carbonyl (C=O) groups excluding carboxylic acids is 1. The average Bonchev–Trinajstić information content (AvgIpc) is 2.72. The number of benzene rings is 2. The zero-order valence-corrected chi connectivity index (χ0v) is 17.8. The van der Waals surface area contributed by atoms with Crippen LogP contribution in [0.5, 0.6) is 0 Å². The van der Waals surface area contributed by atoms with Crippen molar-refractivity contribution in [1.82, 2.24) is 4.31 Å². The third kappa shape index (κ3) is 5.22. The fourth-order valence-electron chi connectivity index (χ4n) is 3.18. The van der Waals surface area contributed by atoms with Crippen LogP contribution in [0.15, 0.2) is 84.3 Å². The Bertz CT molecular complexity index is 950. The van der Waals surface area contributed by atoms with Crippen molar-refractivity contribution in [2.75, 3.05) is 13.7 Å². The summed E-state index contributed by atoms with van der Waals surface area (Å²) >= 11 is 0. The van der Waals surface area contributed by atoms with E-state index in [2.05, 4.69) is 6.58 Å². The molecule has 0 bridgehead atoms. The van der Waals surface area contributed by atoms with Crippen molar-refractivity contribution >= 4 is 16.0 Å². The predicted octanol–water partition coefficient (Wildman–Crippen LogP) is 4.07. The summed E-state index contributed by atoms with van der Waals surface area (Å²) in [5.74, 6) is -1.33. The average molecular weight is 414 g/mol. The van der Waals surface area contributed by atoms with Gasteiger partial charge in [-0.2, -0.15) is 4.31 Å². The van der Waals surface area contributed by atoms with E-state index >= 15 is 0 Å². The molecule has 2 atom stereocenters. The lowest BCUT2D eigenvalue weighted by Crippen LogP contribution is -2.45. The topological polar surface area (TPSA) is 63.7 Å². The third-order valence-corrected chi connectivity index (χ3v) is 6.49. The first-order valence-electron chi connectivity index (χ1n) is 9.31. The number of allylic oxidation sites excluding steroid dienone is 1. The normalized spacial score (nSPS) is 13.9. The second kappa shape index (κ2) is 10.2. The van der Waals surface area contributed by atoms with Crippen LogP contribution in [-0.2, 0) is 19.6 Å². The summed E-state index contributed by atoms with van der Waals surface area (Å²) in [6, 6.07) is 14.9. The summed E-state index contributed by atoms with van der Waals surface area (Å²) in [5, 5.41) is 0. The van der Waals surface area contributed by atoms with Crippen LogP contribution in [0.25, 0.3) is 0 Å². The van der Waals surface area contributed by atoms with E-state index in [0.29, 0.717) is 5.56 Å². The first-order chi connectivity index (χ1) is 13.9. The fourth-order valence-corrected chi connectivity index (χ4v) is 4.75. The van der Waals surface area contributed by atoms with Crippen molar-refractivity contribution in [3.63, 3.8) is 0 Å². The lowest BCUT2D eigenvalue weighted by molar-refractivity contribution is -0.143. The summed E-state index contributed by atoms with van der Waals surface area (Å²) in [6.45, 7) is 7.44. The predicted molar refractivity (Wildman–Crippen MR) is 115 cm³/mol. The molecule has 0 N–H and O–H groups in total. The van der Waals surface area contributed by atoms with Gasteiger partial charge in [0.25, 0.3) is 0 Å². The van der Waals surface area contributed by atoms with Crippen molar-refractivity contribution < 1.29 is 17.9 Å². The molecule has 0 aliphatic rings. The van der Waals surface area contributed by atoms with Crippen LogP contribution in [0.1, 0.15) is 24.0 Å². The molecule has 2 aromatic rings. The second-order valence-electron chi connectivity index (χ2n) is 6.60. The molecule has 0 saturated heterocycles. The molecule has 0 aliphatic carbocycles. The Labute approximate surface area is 173 Å². The maximum absolute atomic E-state index is 13.5. The Balaban J connectivity index is 2.64. The highest BCUT2D eigenvalue weighted by Gasteiger charge is 2.39. The largest absolute Gasteiger partial charge is 0.468 e. The Hall–Kier alpha value is -2.70. The van der Waals surface area contributed by atoms with Crippen LogP contribution in [0.3, 0.4) is 0 Å². The van der Waals surface area contributed by atoms with Crippen LogP contribution in [-0.4, -0.2) is 38.4 Å². The smallest absolute Gasteiger partial charge is 0.315 e. The van der Waals surface area contributed by atoms with Gasteiger partial charge >= 0.3 is 5.97 Å². The lowest BCUT2D eigenvalue weighted by Gasteiger charge is -2.33. The summed E-state index contributed by atoms with van der Waals surface area (Å²) in [7, 11) is -2.59. The SMILES string of the molecule is C=CCN([C@H](/C=C/C)[C@H](C(=O)OC)c1ccccc1)S(=O)(=O)c1ccc(C)cc1. The molecular formula is C23H27NO4S. The van der Waals surface area contributed by atoms with E-state index in [1.165, 1.54) is 17.5 Å². The molecule has 0 fully saturated rings. The summed E-state index contributed by atoms with van der Waals surface area (Å²) < 4.78 is 33.3. The van der Waals surface area contributed by atoms with E-state index < -0.39 is 28.0 Å². The van der Waals surface area contributed by atoms with Crippen LogP contribution in [0.4, 0.5) is 0 Å². The number of rotatable bonds is 9. The van der Waals surface area contributed by atoms with Gasteiger partial charge in [0.05, 0.1) is 18.0 Å². The molecule has 2 aromatic carbocycles. The monoisotopic (exact) mass is 413 g/mol. The number of methoxy groups -OCH3 is 1. The molecule has 0 aromatic heterocycles. The van der Waals surface area contributed by atoms with Gasteiger partial charge in [-0.15, -0.1) is 6.58 Å². The van der Waals surface area contributed by atoms with Gasteiger partial charge in [0.1, 0.15) is 5.92 Å². The molecule has 5 nitrogen and oxygen atoms in total. The quantitative estimate of drug-likeness (QED) is 0.459. The minimum atomic E-state index is -3.89. The zero-order chi connectivity index (χ0) is 21.4. The van der Waals surface area contributed by atoms with Crippen molar-refractivity contribution in [1.29, 1.82) is 0 Å². The van der Waals surface area contributed by atoms with Crippen molar-refractivity contribution in [2.24, 2.45) is 0 Å². The second-order valence-corrected chi connectivity index (χ2v) is 8.49. The summed E-state index contributed by atoms with van der Waals surface area (Å²) in [4.78, 5) is 12.9. The number of hydrogen-bond donors (Lipinski definition) is 0. The molecule has 0 saturated carbocycles. The number of carbonyl (C=O) groups is 1. The number of hydrogen-bond acceptors (Lipinski definition) is 4. The van der Waals surface area contributed by atoms with Crippen molar-refractivity contribution in [3.8, 4) is 0 Å². The van der Waals surface area contributed by atoms with Crippen molar-refractivity contribution in [2.45, 2.75) is 30.7 Å². The third-order valence-electron chi connectivity index (χ3n) is 4.61. The number of nitrogens with zero attached hydrogens (tertiary/aromatic N) is 1. The lowest BCUT2D eigenvalue weighted by atomic mass is 9.91. The van der Waals surface area contributed by atoms with E-state index in [1.807, 2.05) is 25.1 Å². The Kier molecular flexibility index (Phi) is 7.93. The summed E-state index contributed by atoms with van der Waals surface area (Å²) in [5.41, 5.74) is 1.64. The van der Waals surface area contributed by atoms with Crippen LogP contribution in [0.2, 0.25) is 0 Å². The van der Waals surface area contributed by atoms with Gasteiger partial charge in [0.2, 0.25) is 10.0 Å². The van der Waals surface area contributed by atoms with Gasteiger partial charge in [-0.3, -0.25) is 4.79 Å². The van der Waals surface area contributed by atoms with Gasteiger partial charge in [0.15, 0.2) is 0 Å². The molecule has 0 amide bonds. The highest BCUT2D eigenvalue weighted by atomic mass is 32.2. The van der Waals surface area contributed by atoms with Gasteiger partial charge < -0.3 is 4.74 Å². The Morgan fingerprint density at radius 2 is 1.76 bits per heavy atom. The standard InChI is InChI=1S/C23H27NO4S/c1-5-10-21(22(23(25)28-4)19-11-8-7-9-12-19)24(17-6-2)29(26,27)20-15-13-18(3)14-16-20/h5-16,21-22H,2,17H2,1,3-4H3/b10-5+/t21-,22-/m1/s1. The highest BCUT2D eigenvalue weighted by Crippen LogP contribution is 2.30. The van der Waals surface area contributed by atoms with Crippen LogP contribution >= 0.6 is 0 Å². The van der Waals surface area contributed by atoms with E-state index in [0.717, 1.165) is 5.56 Å². The molecule has 0 heterocycles. The molecule has 154 valence electrons. The van der Waals surface area contributed by atoms with Gasteiger partial charge in [-0.05, 0) is 31.5 Å². The van der Waals surface area contributed by atoms with Crippen LogP contribution < -0.4 is 0 Å². The van der Waals surface area contributed by atoms with Gasteiger partial charge in [-0.1, -0.05) is 66.3 Å². The molecule has 0 spiro atoms. The van der Waals surface area contributed by atoms with E-state index in [-0.39, 0.29) is 11.4 Å². The molecule has 0 unspecified atom stereocenters. The van der Waals surface area contributed by atoms with E-state index in [4.69, 9.17) is 4.74 Å². The zero-order valence-electron chi connectivity index (χ0n) is 17.0. The molecule has 29 heavy (non-hydrogen) atoms. The van der Waals surface area contributed by atoms with Gasteiger partial charge in [-0.25, -0.2) is 8.42 Å². The molecule has 6 heteroatoms. The Morgan fingerprint density at radius 3 is 2.28 bits per heavy atom. The fraction of sp³-hybridized carbons (Fsp3) is 0.261. The molecule has 2 rings (SSSR count). The van der Waals surface area contributed by atoms with Crippen LogP contribution in [0, 0.1) is 6.92 Å². The Morgan fingerprint density at radius 1 is 1.14 bits per heavy atom. The maximum atomic E-state index is 13.5. The maximum Gasteiger partial charge on any atom is 0.315 e. The molecule has 0 aliphatic heterocycles. The van der Waals surface area contributed by atoms with Crippen molar-refractivity contribution in [3.05, 3.63) is 90.5 Å². The number of aryl methyl sites for hydroxylation is 1. The first kappa shape index (κ1) is 22.6. The highest BCUT2D eigenvalue weighted by molar-refractivity contribution is 7.89. The molecular weight excluding hydrogens is 386 g/mol. The van der Waals surface area contributed by atoms with Gasteiger partial charge in [0, 0.05) is 6.54 Å². The minimum Gasteiger partial charge on any atom is -0.468 e. The summed E-state index contributed by atoms with van der Waals surface area (Å²) in [6.07, 6.45) is 4.97. The molecule has 0 radical (unpaired) electrons. The first-order valence-corrected chi connectivity index (χ1v) is 10.8. The van der Waals surface area contributed by atoms with E-state index in [1.54, 1.807) is 55.5 Å². The number of ether oxygens (including phenoxy) is 1. The minimum absolute atomic E-state index is 0.0472. The number of esters is 1. The number of sulfonamides is 1.